The molecule has 2 aromatic carbocycles. The summed E-state index contributed by atoms with van der Waals surface area (Å²) in [7, 11) is 0. The van der Waals surface area contributed by atoms with Crippen molar-refractivity contribution in [1.29, 1.82) is 0 Å². The van der Waals surface area contributed by atoms with Crippen molar-refractivity contribution in [2.24, 2.45) is 5.92 Å². The number of carbonyl (C=O) groups excluding carboxylic acids is 2. The number of ether oxygens (including phenoxy) is 1. The second-order valence-corrected chi connectivity index (χ2v) is 7.40. The van der Waals surface area contributed by atoms with Crippen LogP contribution in [0.4, 0.5) is 0 Å². The van der Waals surface area contributed by atoms with Crippen LogP contribution in [0.15, 0.2) is 77.6 Å². The van der Waals surface area contributed by atoms with Crippen LogP contribution in [0.5, 0.6) is 11.5 Å². The van der Waals surface area contributed by atoms with Crippen molar-refractivity contribution in [2.75, 3.05) is 19.6 Å². The fraction of sp³-hybridized carbons (Fsp3) is 0.250. The predicted molar refractivity (Wildman–Crippen MR) is 113 cm³/mol. The molecule has 0 unspecified atom stereocenters. The number of nitrogens with one attached hydrogen (secondary N) is 1. The monoisotopic (exact) mass is 404 g/mol. The van der Waals surface area contributed by atoms with E-state index in [0.717, 1.165) is 18.6 Å². The zero-order chi connectivity index (χ0) is 20.8. The minimum absolute atomic E-state index is 0.00375. The SMILES string of the molecule is O=C(NCC1CCN(C(=O)c2ccoc2)CC1)c1ccc(Oc2ccccc2)cc1. The Bertz CT molecular complexity index is 960. The first-order valence-electron chi connectivity index (χ1n) is 10.1. The molecule has 0 saturated carbocycles. The summed E-state index contributed by atoms with van der Waals surface area (Å²) in [6.45, 7) is 1.99. The van der Waals surface area contributed by atoms with Crippen LogP contribution in [0.25, 0.3) is 0 Å². The van der Waals surface area contributed by atoms with Gasteiger partial charge in [0, 0.05) is 25.2 Å². The fourth-order valence-electron chi connectivity index (χ4n) is 3.55. The summed E-state index contributed by atoms with van der Waals surface area (Å²) in [6.07, 6.45) is 4.72. The van der Waals surface area contributed by atoms with Crippen molar-refractivity contribution in [3.05, 3.63) is 84.3 Å². The zero-order valence-electron chi connectivity index (χ0n) is 16.6. The molecule has 30 heavy (non-hydrogen) atoms. The van der Waals surface area contributed by atoms with Gasteiger partial charge in [0.1, 0.15) is 17.8 Å². The van der Waals surface area contributed by atoms with E-state index in [1.807, 2.05) is 35.2 Å². The van der Waals surface area contributed by atoms with Crippen LogP contribution < -0.4 is 10.1 Å². The lowest BCUT2D eigenvalue weighted by atomic mass is 9.96. The normalized spacial score (nSPS) is 14.3. The highest BCUT2D eigenvalue weighted by Crippen LogP contribution is 2.22. The number of benzene rings is 2. The number of rotatable bonds is 6. The highest BCUT2D eigenvalue weighted by Gasteiger charge is 2.24. The molecule has 6 nitrogen and oxygen atoms in total. The highest BCUT2D eigenvalue weighted by molar-refractivity contribution is 5.94. The lowest BCUT2D eigenvalue weighted by Gasteiger charge is -2.31. The Kier molecular flexibility index (Phi) is 6.13. The van der Waals surface area contributed by atoms with Gasteiger partial charge in [-0.05, 0) is 61.2 Å². The average Bonchev–Trinajstić information content (AvgIpc) is 3.34. The molecule has 1 fully saturated rings. The molecule has 6 heteroatoms. The van der Waals surface area contributed by atoms with E-state index in [-0.39, 0.29) is 11.8 Å². The quantitative estimate of drug-likeness (QED) is 0.663. The minimum Gasteiger partial charge on any atom is -0.472 e. The van der Waals surface area contributed by atoms with Crippen molar-refractivity contribution in [3.8, 4) is 11.5 Å². The number of likely N-dealkylation sites (tertiary alicyclic amines) is 1. The molecule has 2 heterocycles. The van der Waals surface area contributed by atoms with Gasteiger partial charge in [-0.3, -0.25) is 9.59 Å². The van der Waals surface area contributed by atoms with Gasteiger partial charge in [0.25, 0.3) is 11.8 Å². The molecule has 1 saturated heterocycles. The van der Waals surface area contributed by atoms with E-state index in [0.29, 0.717) is 42.4 Å². The molecule has 0 bridgehead atoms. The number of hydrogen-bond donors (Lipinski definition) is 1. The molecular formula is C24H24N2O4. The van der Waals surface area contributed by atoms with E-state index in [9.17, 15) is 9.59 Å². The molecular weight excluding hydrogens is 380 g/mol. The Morgan fingerprint density at radius 1 is 0.933 bits per heavy atom. The van der Waals surface area contributed by atoms with Crippen molar-refractivity contribution in [3.63, 3.8) is 0 Å². The van der Waals surface area contributed by atoms with E-state index in [1.165, 1.54) is 12.5 Å². The van der Waals surface area contributed by atoms with E-state index in [2.05, 4.69) is 5.32 Å². The van der Waals surface area contributed by atoms with Gasteiger partial charge in [0.2, 0.25) is 0 Å². The maximum atomic E-state index is 12.5. The number of amides is 2. The molecule has 0 spiro atoms. The number of nitrogens with zero attached hydrogens (tertiary/aromatic N) is 1. The lowest BCUT2D eigenvalue weighted by Crippen LogP contribution is -2.41. The largest absolute Gasteiger partial charge is 0.472 e. The van der Waals surface area contributed by atoms with Gasteiger partial charge in [-0.2, -0.15) is 0 Å². The molecule has 2 amide bonds. The molecule has 0 atom stereocenters. The van der Waals surface area contributed by atoms with Crippen LogP contribution in [-0.4, -0.2) is 36.3 Å². The summed E-state index contributed by atoms with van der Waals surface area (Å²) in [4.78, 5) is 26.6. The second kappa shape index (κ2) is 9.31. The summed E-state index contributed by atoms with van der Waals surface area (Å²) in [5, 5.41) is 3.01. The first-order chi connectivity index (χ1) is 14.7. The van der Waals surface area contributed by atoms with E-state index in [1.54, 1.807) is 30.3 Å². The summed E-state index contributed by atoms with van der Waals surface area (Å²) < 4.78 is 10.7. The molecule has 154 valence electrons. The molecule has 0 aliphatic carbocycles. The summed E-state index contributed by atoms with van der Waals surface area (Å²) in [5.41, 5.74) is 1.18. The molecule has 1 N–H and O–H groups in total. The summed E-state index contributed by atoms with van der Waals surface area (Å²) in [5.74, 6) is 1.71. The molecule has 1 aliphatic rings. The van der Waals surface area contributed by atoms with Crippen LogP contribution in [0.1, 0.15) is 33.6 Å². The van der Waals surface area contributed by atoms with Crippen molar-refractivity contribution in [2.45, 2.75) is 12.8 Å². The first-order valence-corrected chi connectivity index (χ1v) is 10.1. The highest BCUT2D eigenvalue weighted by atomic mass is 16.5. The van der Waals surface area contributed by atoms with E-state index in [4.69, 9.17) is 9.15 Å². The standard InChI is InChI=1S/C24H24N2O4/c27-23(19-6-8-22(9-7-19)30-21-4-2-1-3-5-21)25-16-18-10-13-26(14-11-18)24(28)20-12-15-29-17-20/h1-9,12,15,17-18H,10-11,13-14,16H2,(H,25,27). The van der Waals surface area contributed by atoms with Gasteiger partial charge < -0.3 is 19.4 Å². The lowest BCUT2D eigenvalue weighted by molar-refractivity contribution is 0.0683. The Hall–Kier alpha value is -3.54. The van der Waals surface area contributed by atoms with Crippen LogP contribution in [0.3, 0.4) is 0 Å². The van der Waals surface area contributed by atoms with Gasteiger partial charge in [0.05, 0.1) is 11.8 Å². The number of carbonyl (C=O) groups is 2. The molecule has 1 aromatic heterocycles. The van der Waals surface area contributed by atoms with Gasteiger partial charge in [-0.15, -0.1) is 0 Å². The maximum Gasteiger partial charge on any atom is 0.257 e. The fourth-order valence-corrected chi connectivity index (χ4v) is 3.55. The maximum absolute atomic E-state index is 12.5. The molecule has 0 radical (unpaired) electrons. The number of piperidine rings is 1. The third-order valence-electron chi connectivity index (χ3n) is 5.32. The predicted octanol–water partition coefficient (Wildman–Crippen LogP) is 4.35. The zero-order valence-corrected chi connectivity index (χ0v) is 16.6. The van der Waals surface area contributed by atoms with Gasteiger partial charge >= 0.3 is 0 Å². The van der Waals surface area contributed by atoms with Crippen LogP contribution in [-0.2, 0) is 0 Å². The van der Waals surface area contributed by atoms with Crippen LogP contribution in [0, 0.1) is 5.92 Å². The second-order valence-electron chi connectivity index (χ2n) is 7.40. The minimum atomic E-state index is -0.0989. The van der Waals surface area contributed by atoms with Gasteiger partial charge in [0.15, 0.2) is 0 Å². The topological polar surface area (TPSA) is 71.8 Å². The first kappa shape index (κ1) is 19.8. The molecule has 1 aliphatic heterocycles. The van der Waals surface area contributed by atoms with Crippen LogP contribution in [0.2, 0.25) is 0 Å². The number of hydrogen-bond acceptors (Lipinski definition) is 4. The van der Waals surface area contributed by atoms with Gasteiger partial charge in [-0.25, -0.2) is 0 Å². The van der Waals surface area contributed by atoms with E-state index < -0.39 is 0 Å². The summed E-state index contributed by atoms with van der Waals surface area (Å²) in [6, 6.07) is 18.3. The Labute approximate surface area is 175 Å². The molecule has 4 rings (SSSR count). The Morgan fingerprint density at radius 2 is 1.63 bits per heavy atom. The number of para-hydroxylation sites is 1. The van der Waals surface area contributed by atoms with E-state index >= 15 is 0 Å². The Balaban J connectivity index is 1.23. The Morgan fingerprint density at radius 3 is 2.30 bits per heavy atom. The van der Waals surface area contributed by atoms with Crippen molar-refractivity contribution in [1.82, 2.24) is 10.2 Å². The number of furan rings is 1. The van der Waals surface area contributed by atoms with Crippen LogP contribution >= 0.6 is 0 Å². The summed E-state index contributed by atoms with van der Waals surface area (Å²) >= 11 is 0. The third kappa shape index (κ3) is 4.89. The third-order valence-corrected chi connectivity index (χ3v) is 5.32. The smallest absolute Gasteiger partial charge is 0.257 e. The van der Waals surface area contributed by atoms with Gasteiger partial charge in [-0.1, -0.05) is 18.2 Å². The molecule has 3 aromatic rings. The van der Waals surface area contributed by atoms with Crippen molar-refractivity contribution < 1.29 is 18.7 Å². The average molecular weight is 404 g/mol. The van der Waals surface area contributed by atoms with Crippen molar-refractivity contribution >= 4 is 11.8 Å².